The van der Waals surface area contributed by atoms with E-state index in [1.807, 2.05) is 30.3 Å². The molecule has 0 amide bonds. The van der Waals surface area contributed by atoms with E-state index in [9.17, 15) is 0 Å². The maximum atomic E-state index is 5.78. The third kappa shape index (κ3) is 3.17. The van der Waals surface area contributed by atoms with Gasteiger partial charge < -0.3 is 11.1 Å². The van der Waals surface area contributed by atoms with Crippen LogP contribution in [-0.4, -0.2) is 4.99 Å². The van der Waals surface area contributed by atoms with Gasteiger partial charge in [-0.05, 0) is 29.2 Å². The number of hydrogen-bond donors (Lipinski definition) is 2. The van der Waals surface area contributed by atoms with E-state index in [0.29, 0.717) is 4.99 Å². The van der Waals surface area contributed by atoms with Crippen LogP contribution in [0.5, 0.6) is 0 Å². The molecular formula is C17H20N2S. The maximum Gasteiger partial charge on any atom is 0.106 e. The average molecular weight is 284 g/mol. The molecule has 0 atom stereocenters. The second-order valence-electron chi connectivity index (χ2n) is 5.83. The average Bonchev–Trinajstić information content (AvgIpc) is 2.38. The van der Waals surface area contributed by atoms with Crippen molar-refractivity contribution in [2.75, 3.05) is 5.32 Å². The van der Waals surface area contributed by atoms with Gasteiger partial charge in [-0.25, -0.2) is 0 Å². The molecule has 0 aliphatic carbocycles. The molecule has 104 valence electrons. The minimum Gasteiger partial charge on any atom is -0.389 e. The summed E-state index contributed by atoms with van der Waals surface area (Å²) in [4.78, 5) is 0.404. The lowest BCUT2D eigenvalue weighted by atomic mass is 9.85. The Kier molecular flexibility index (Phi) is 4.09. The Bertz CT molecular complexity index is 627. The second-order valence-corrected chi connectivity index (χ2v) is 6.27. The van der Waals surface area contributed by atoms with Crippen molar-refractivity contribution in [1.82, 2.24) is 0 Å². The summed E-state index contributed by atoms with van der Waals surface area (Å²) in [7, 11) is 0. The number of rotatable bonds is 3. The van der Waals surface area contributed by atoms with Crippen LogP contribution in [0.1, 0.15) is 31.9 Å². The van der Waals surface area contributed by atoms with Crippen LogP contribution >= 0.6 is 12.2 Å². The summed E-state index contributed by atoms with van der Waals surface area (Å²) in [5.74, 6) is 0. The topological polar surface area (TPSA) is 38.0 Å². The van der Waals surface area contributed by atoms with Gasteiger partial charge in [0, 0.05) is 16.9 Å². The summed E-state index contributed by atoms with van der Waals surface area (Å²) in [5, 5.41) is 3.46. The standard InChI is InChI=1S/C17H20N2S/c1-17(2,3)13-9-5-7-11-15(13)19-14-10-6-4-8-12(14)16(18)20/h4-11,19H,1-3H3,(H2,18,20). The lowest BCUT2D eigenvalue weighted by Gasteiger charge is -2.24. The molecule has 0 radical (unpaired) electrons. The van der Waals surface area contributed by atoms with Gasteiger partial charge in [0.1, 0.15) is 4.99 Å². The fourth-order valence-electron chi connectivity index (χ4n) is 2.20. The molecule has 0 unspecified atom stereocenters. The van der Waals surface area contributed by atoms with Gasteiger partial charge in [0.2, 0.25) is 0 Å². The molecule has 0 spiro atoms. The van der Waals surface area contributed by atoms with Crippen molar-refractivity contribution in [1.29, 1.82) is 0 Å². The number of hydrogen-bond acceptors (Lipinski definition) is 2. The highest BCUT2D eigenvalue weighted by Gasteiger charge is 2.18. The van der Waals surface area contributed by atoms with Crippen LogP contribution in [0.3, 0.4) is 0 Å². The zero-order valence-electron chi connectivity index (χ0n) is 12.1. The van der Waals surface area contributed by atoms with E-state index in [-0.39, 0.29) is 5.41 Å². The van der Waals surface area contributed by atoms with E-state index in [1.54, 1.807) is 0 Å². The van der Waals surface area contributed by atoms with Crippen LogP contribution < -0.4 is 11.1 Å². The number of nitrogens with two attached hydrogens (primary N) is 1. The number of nitrogens with one attached hydrogen (secondary N) is 1. The van der Waals surface area contributed by atoms with Gasteiger partial charge in [0.05, 0.1) is 0 Å². The predicted octanol–water partition coefficient (Wildman–Crippen LogP) is 4.36. The van der Waals surface area contributed by atoms with Gasteiger partial charge in [0.15, 0.2) is 0 Å². The minimum atomic E-state index is 0.0712. The Morgan fingerprint density at radius 2 is 1.50 bits per heavy atom. The highest BCUT2D eigenvalue weighted by molar-refractivity contribution is 7.80. The van der Waals surface area contributed by atoms with Gasteiger partial charge in [-0.1, -0.05) is 63.3 Å². The van der Waals surface area contributed by atoms with Gasteiger partial charge in [-0.3, -0.25) is 0 Å². The van der Waals surface area contributed by atoms with Crippen LogP contribution in [0.4, 0.5) is 11.4 Å². The normalized spacial score (nSPS) is 11.2. The van der Waals surface area contributed by atoms with E-state index in [4.69, 9.17) is 18.0 Å². The summed E-state index contributed by atoms with van der Waals surface area (Å²) in [6, 6.07) is 16.2. The first-order valence-corrected chi connectivity index (χ1v) is 7.06. The monoisotopic (exact) mass is 284 g/mol. The SMILES string of the molecule is CC(C)(C)c1ccccc1Nc1ccccc1C(N)=S. The van der Waals surface area contributed by atoms with Gasteiger partial charge in [-0.2, -0.15) is 0 Å². The van der Waals surface area contributed by atoms with Gasteiger partial charge in [0.25, 0.3) is 0 Å². The third-order valence-electron chi connectivity index (χ3n) is 3.20. The molecule has 0 bridgehead atoms. The molecule has 2 rings (SSSR count). The van der Waals surface area contributed by atoms with Crippen molar-refractivity contribution in [3.05, 3.63) is 59.7 Å². The molecule has 2 aromatic carbocycles. The molecule has 0 heterocycles. The maximum absolute atomic E-state index is 5.78. The highest BCUT2D eigenvalue weighted by atomic mass is 32.1. The van der Waals surface area contributed by atoms with E-state index in [2.05, 4.69) is 44.3 Å². The van der Waals surface area contributed by atoms with Crippen LogP contribution in [0.2, 0.25) is 0 Å². The van der Waals surface area contributed by atoms with Crippen LogP contribution in [0, 0.1) is 0 Å². The summed E-state index contributed by atoms with van der Waals surface area (Å²) in [6.07, 6.45) is 0. The first-order chi connectivity index (χ1) is 9.39. The first-order valence-electron chi connectivity index (χ1n) is 6.65. The summed E-state index contributed by atoms with van der Waals surface area (Å²) < 4.78 is 0. The Morgan fingerprint density at radius 1 is 0.950 bits per heavy atom. The smallest absolute Gasteiger partial charge is 0.106 e. The molecule has 2 aromatic rings. The molecule has 0 aliphatic rings. The Balaban J connectivity index is 2.44. The van der Waals surface area contributed by atoms with E-state index < -0.39 is 0 Å². The van der Waals surface area contributed by atoms with E-state index >= 15 is 0 Å². The third-order valence-corrected chi connectivity index (χ3v) is 3.42. The fourth-order valence-corrected chi connectivity index (χ4v) is 2.38. The van der Waals surface area contributed by atoms with E-state index in [1.165, 1.54) is 5.56 Å². The van der Waals surface area contributed by atoms with Crippen LogP contribution in [0.15, 0.2) is 48.5 Å². The summed E-state index contributed by atoms with van der Waals surface area (Å²) in [6.45, 7) is 6.60. The lowest BCUT2D eigenvalue weighted by Crippen LogP contribution is -2.15. The molecule has 0 aliphatic heterocycles. The van der Waals surface area contributed by atoms with Crippen molar-refractivity contribution in [3.8, 4) is 0 Å². The van der Waals surface area contributed by atoms with Crippen LogP contribution in [-0.2, 0) is 5.41 Å². The Labute approximate surface area is 126 Å². The second kappa shape index (κ2) is 5.63. The molecule has 0 saturated heterocycles. The fraction of sp³-hybridized carbons (Fsp3) is 0.235. The number of benzene rings is 2. The van der Waals surface area contributed by atoms with Crippen molar-refractivity contribution < 1.29 is 0 Å². The molecule has 2 nitrogen and oxygen atoms in total. The largest absolute Gasteiger partial charge is 0.389 e. The number of thiocarbonyl (C=S) groups is 1. The highest BCUT2D eigenvalue weighted by Crippen LogP contribution is 2.32. The van der Waals surface area contributed by atoms with Crippen LogP contribution in [0.25, 0.3) is 0 Å². The van der Waals surface area contributed by atoms with Crippen molar-refractivity contribution in [2.24, 2.45) is 5.73 Å². The summed E-state index contributed by atoms with van der Waals surface area (Å²) >= 11 is 5.11. The van der Waals surface area contributed by atoms with Crippen molar-refractivity contribution in [3.63, 3.8) is 0 Å². The van der Waals surface area contributed by atoms with Crippen molar-refractivity contribution in [2.45, 2.75) is 26.2 Å². The quantitative estimate of drug-likeness (QED) is 0.822. The molecule has 3 N–H and O–H groups in total. The van der Waals surface area contributed by atoms with Crippen molar-refractivity contribution >= 4 is 28.6 Å². The van der Waals surface area contributed by atoms with Gasteiger partial charge in [-0.15, -0.1) is 0 Å². The molecule has 0 fully saturated rings. The minimum absolute atomic E-state index is 0.0712. The number of anilines is 2. The van der Waals surface area contributed by atoms with Gasteiger partial charge >= 0.3 is 0 Å². The molecular weight excluding hydrogens is 264 g/mol. The van der Waals surface area contributed by atoms with E-state index in [0.717, 1.165) is 16.9 Å². The Morgan fingerprint density at radius 3 is 2.10 bits per heavy atom. The zero-order valence-corrected chi connectivity index (χ0v) is 12.9. The predicted molar refractivity (Wildman–Crippen MR) is 90.8 cm³/mol. The lowest BCUT2D eigenvalue weighted by molar-refractivity contribution is 0.592. The first kappa shape index (κ1) is 14.5. The molecule has 3 heteroatoms. The molecule has 0 saturated carbocycles. The summed E-state index contributed by atoms with van der Waals surface area (Å²) in [5.41, 5.74) is 10.0. The Hall–Kier alpha value is -1.87. The zero-order chi connectivity index (χ0) is 14.8. The number of para-hydroxylation sites is 2. The molecule has 0 aromatic heterocycles. The molecule has 20 heavy (non-hydrogen) atoms.